The molecule has 2 heterocycles. The molecule has 0 atom stereocenters. The highest BCUT2D eigenvalue weighted by atomic mass is 16.5. The second-order valence-corrected chi connectivity index (χ2v) is 7.78. The molecule has 0 spiro atoms. The molecule has 0 saturated heterocycles. The average Bonchev–Trinajstić information content (AvgIpc) is 2.84. The van der Waals surface area contributed by atoms with E-state index in [9.17, 15) is 14.4 Å². The molecule has 0 aliphatic carbocycles. The Balaban J connectivity index is 1.60. The highest BCUT2D eigenvalue weighted by molar-refractivity contribution is 5.87. The zero-order chi connectivity index (χ0) is 24.9. The predicted molar refractivity (Wildman–Crippen MR) is 130 cm³/mol. The standard InChI is InChI=1S/C25H23N5O5/c1-3-29-24(33)28-23(30(25(29)34)15-17-6-4-16(2)5-7-17)27-19-8-10-20(11-9-19)35-21-12-18(22(31)32)13-26-14-21/h4-14H,3,15H2,1-2H3,(H,31,32)(H,27,28,33). The molecule has 4 aromatic rings. The van der Waals surface area contributed by atoms with Crippen LogP contribution in [0, 0.1) is 6.92 Å². The summed E-state index contributed by atoms with van der Waals surface area (Å²) in [5.41, 5.74) is 1.49. The number of nitrogens with zero attached hydrogens (tertiary/aromatic N) is 4. The van der Waals surface area contributed by atoms with Crippen LogP contribution in [-0.2, 0) is 13.1 Å². The first kappa shape index (κ1) is 23.4. The van der Waals surface area contributed by atoms with Crippen LogP contribution in [0.1, 0.15) is 28.4 Å². The number of ether oxygens (including phenoxy) is 1. The number of carboxylic acids is 1. The van der Waals surface area contributed by atoms with Crippen molar-refractivity contribution in [2.75, 3.05) is 5.32 Å². The molecule has 0 radical (unpaired) electrons. The van der Waals surface area contributed by atoms with Crippen molar-refractivity contribution in [3.8, 4) is 11.5 Å². The van der Waals surface area contributed by atoms with Crippen molar-refractivity contribution in [2.45, 2.75) is 26.9 Å². The number of benzene rings is 2. The van der Waals surface area contributed by atoms with Crippen molar-refractivity contribution in [2.24, 2.45) is 0 Å². The van der Waals surface area contributed by atoms with Gasteiger partial charge in [-0.15, -0.1) is 0 Å². The lowest BCUT2D eigenvalue weighted by Crippen LogP contribution is -2.42. The number of aromatic carboxylic acids is 1. The fourth-order valence-electron chi connectivity index (χ4n) is 3.38. The third kappa shape index (κ3) is 5.44. The molecule has 10 heteroatoms. The molecule has 0 saturated carbocycles. The molecule has 178 valence electrons. The van der Waals surface area contributed by atoms with Gasteiger partial charge in [-0.3, -0.25) is 9.55 Å². The largest absolute Gasteiger partial charge is 0.478 e. The van der Waals surface area contributed by atoms with Gasteiger partial charge >= 0.3 is 17.3 Å². The summed E-state index contributed by atoms with van der Waals surface area (Å²) in [6, 6.07) is 15.8. The van der Waals surface area contributed by atoms with Crippen molar-refractivity contribution in [3.05, 3.63) is 105 Å². The van der Waals surface area contributed by atoms with Crippen molar-refractivity contribution >= 4 is 17.6 Å². The van der Waals surface area contributed by atoms with Gasteiger partial charge < -0.3 is 15.2 Å². The van der Waals surface area contributed by atoms with Crippen LogP contribution in [0.25, 0.3) is 0 Å². The quantitative estimate of drug-likeness (QED) is 0.398. The summed E-state index contributed by atoms with van der Waals surface area (Å²) in [6.07, 6.45) is 2.65. The molecule has 4 rings (SSSR count). The Kier molecular flexibility index (Phi) is 6.72. The lowest BCUT2D eigenvalue weighted by Gasteiger charge is -2.15. The van der Waals surface area contributed by atoms with Crippen LogP contribution in [0.2, 0.25) is 0 Å². The van der Waals surface area contributed by atoms with Gasteiger partial charge in [0.15, 0.2) is 0 Å². The SMILES string of the molecule is CCn1c(=O)nc(Nc2ccc(Oc3cncc(C(=O)O)c3)cc2)n(Cc2ccc(C)cc2)c1=O. The molecule has 2 N–H and O–H groups in total. The molecule has 2 aromatic heterocycles. The monoisotopic (exact) mass is 473 g/mol. The van der Waals surface area contributed by atoms with E-state index in [1.54, 1.807) is 31.2 Å². The number of aryl methyl sites for hydroxylation is 1. The Labute approximate surface area is 200 Å². The van der Waals surface area contributed by atoms with E-state index in [1.807, 2.05) is 31.2 Å². The van der Waals surface area contributed by atoms with E-state index in [4.69, 9.17) is 9.84 Å². The maximum atomic E-state index is 13.0. The second kappa shape index (κ2) is 10.0. The lowest BCUT2D eigenvalue weighted by molar-refractivity contribution is 0.0696. The zero-order valence-corrected chi connectivity index (χ0v) is 19.1. The highest BCUT2D eigenvalue weighted by Crippen LogP contribution is 2.24. The minimum atomic E-state index is -1.10. The normalized spacial score (nSPS) is 10.7. The number of carboxylic acid groups (broad SMARTS) is 1. The van der Waals surface area contributed by atoms with Gasteiger partial charge in [-0.1, -0.05) is 29.8 Å². The summed E-state index contributed by atoms with van der Waals surface area (Å²) < 4.78 is 8.18. The van der Waals surface area contributed by atoms with Crippen molar-refractivity contribution in [1.82, 2.24) is 19.1 Å². The maximum absolute atomic E-state index is 13.0. The fourth-order valence-corrected chi connectivity index (χ4v) is 3.38. The first-order valence-corrected chi connectivity index (χ1v) is 10.8. The summed E-state index contributed by atoms with van der Waals surface area (Å²) >= 11 is 0. The Morgan fingerprint density at radius 2 is 1.71 bits per heavy atom. The molecule has 0 bridgehead atoms. The number of aromatic nitrogens is 4. The number of pyridine rings is 1. The van der Waals surface area contributed by atoms with Gasteiger partial charge in [0, 0.05) is 18.4 Å². The van der Waals surface area contributed by atoms with Crippen LogP contribution in [0.3, 0.4) is 0 Å². The molecular weight excluding hydrogens is 450 g/mol. The van der Waals surface area contributed by atoms with Gasteiger partial charge in [-0.2, -0.15) is 4.98 Å². The molecule has 0 unspecified atom stereocenters. The van der Waals surface area contributed by atoms with E-state index in [0.717, 1.165) is 15.7 Å². The van der Waals surface area contributed by atoms with Crippen LogP contribution in [0.4, 0.5) is 11.6 Å². The van der Waals surface area contributed by atoms with Crippen molar-refractivity contribution in [3.63, 3.8) is 0 Å². The van der Waals surface area contributed by atoms with Crippen LogP contribution in [0.15, 0.2) is 76.6 Å². The van der Waals surface area contributed by atoms with E-state index in [1.165, 1.54) is 23.0 Å². The first-order valence-electron chi connectivity index (χ1n) is 10.8. The molecule has 2 aromatic carbocycles. The number of carbonyl (C=O) groups is 1. The van der Waals surface area contributed by atoms with Gasteiger partial charge in [-0.25, -0.2) is 19.0 Å². The van der Waals surface area contributed by atoms with E-state index in [-0.39, 0.29) is 30.4 Å². The maximum Gasteiger partial charge on any atom is 0.354 e. The third-order valence-electron chi connectivity index (χ3n) is 5.23. The van der Waals surface area contributed by atoms with Crippen LogP contribution in [0.5, 0.6) is 11.5 Å². The van der Waals surface area contributed by atoms with Crippen molar-refractivity contribution in [1.29, 1.82) is 0 Å². The molecule has 0 aliphatic heterocycles. The topological polar surface area (TPSA) is 128 Å². The Bertz CT molecular complexity index is 1470. The van der Waals surface area contributed by atoms with Crippen molar-refractivity contribution < 1.29 is 14.6 Å². The minimum Gasteiger partial charge on any atom is -0.478 e. The molecule has 0 aliphatic rings. The Hall–Kier alpha value is -4.73. The van der Waals surface area contributed by atoms with E-state index >= 15 is 0 Å². The number of nitrogens with one attached hydrogen (secondary N) is 1. The molecule has 0 fully saturated rings. The Morgan fingerprint density at radius 3 is 2.37 bits per heavy atom. The molecular formula is C25H23N5O5. The average molecular weight is 473 g/mol. The highest BCUT2D eigenvalue weighted by Gasteiger charge is 2.13. The van der Waals surface area contributed by atoms with Crippen LogP contribution >= 0.6 is 0 Å². The van der Waals surface area contributed by atoms with E-state index in [2.05, 4.69) is 15.3 Å². The molecule has 0 amide bonds. The lowest BCUT2D eigenvalue weighted by atomic mass is 10.1. The van der Waals surface area contributed by atoms with Crippen LogP contribution in [-0.4, -0.2) is 30.2 Å². The van der Waals surface area contributed by atoms with Gasteiger partial charge in [-0.05, 0) is 49.7 Å². The first-order chi connectivity index (χ1) is 16.8. The van der Waals surface area contributed by atoms with Gasteiger partial charge in [0.2, 0.25) is 5.95 Å². The molecule has 35 heavy (non-hydrogen) atoms. The predicted octanol–water partition coefficient (Wildman–Crippen LogP) is 3.41. The summed E-state index contributed by atoms with van der Waals surface area (Å²) in [6.45, 7) is 4.15. The third-order valence-corrected chi connectivity index (χ3v) is 5.23. The number of rotatable bonds is 8. The zero-order valence-electron chi connectivity index (χ0n) is 19.1. The summed E-state index contributed by atoms with van der Waals surface area (Å²) in [5, 5.41) is 12.1. The molecule has 10 nitrogen and oxygen atoms in total. The number of hydrogen-bond acceptors (Lipinski definition) is 7. The summed E-state index contributed by atoms with van der Waals surface area (Å²) in [5.74, 6) is -0.248. The smallest absolute Gasteiger partial charge is 0.354 e. The summed E-state index contributed by atoms with van der Waals surface area (Å²) in [4.78, 5) is 44.5. The number of anilines is 2. The van der Waals surface area contributed by atoms with Crippen LogP contribution < -0.4 is 21.4 Å². The van der Waals surface area contributed by atoms with E-state index in [0.29, 0.717) is 11.4 Å². The number of hydrogen-bond donors (Lipinski definition) is 2. The minimum absolute atomic E-state index is 0.0141. The van der Waals surface area contributed by atoms with E-state index < -0.39 is 17.3 Å². The van der Waals surface area contributed by atoms with Gasteiger partial charge in [0.1, 0.15) is 11.5 Å². The fraction of sp³-hybridized carbons (Fsp3) is 0.160. The van der Waals surface area contributed by atoms with Gasteiger partial charge in [0.05, 0.1) is 18.3 Å². The summed E-state index contributed by atoms with van der Waals surface area (Å²) in [7, 11) is 0. The second-order valence-electron chi connectivity index (χ2n) is 7.78. The van der Waals surface area contributed by atoms with Gasteiger partial charge in [0.25, 0.3) is 0 Å². The Morgan fingerprint density at radius 1 is 1.00 bits per heavy atom.